The molecule has 44 heavy (non-hydrogen) atoms. The van der Waals surface area contributed by atoms with Crippen LogP contribution in [0.5, 0.6) is 0 Å². The molecule has 0 aliphatic carbocycles. The van der Waals surface area contributed by atoms with Gasteiger partial charge in [-0.2, -0.15) is 0 Å². The molecule has 1 N–H and O–H groups in total. The first-order valence-corrected chi connectivity index (χ1v) is 16.3. The number of carbonyl (C=O) groups is 2. The number of halogens is 3. The van der Waals surface area contributed by atoms with Gasteiger partial charge < -0.3 is 10.2 Å². The lowest BCUT2D eigenvalue weighted by atomic mass is 10.0. The van der Waals surface area contributed by atoms with Crippen molar-refractivity contribution < 1.29 is 18.0 Å². The van der Waals surface area contributed by atoms with Crippen LogP contribution in [-0.2, 0) is 32.6 Å². The first-order chi connectivity index (χ1) is 20.9. The van der Waals surface area contributed by atoms with Crippen LogP contribution in [0.4, 0.5) is 5.69 Å². The summed E-state index contributed by atoms with van der Waals surface area (Å²) < 4.78 is 29.4. The Morgan fingerprint density at radius 3 is 2.16 bits per heavy atom. The lowest BCUT2D eigenvalue weighted by Gasteiger charge is -2.34. The Morgan fingerprint density at radius 2 is 1.52 bits per heavy atom. The minimum atomic E-state index is -4.25. The minimum Gasteiger partial charge on any atom is -0.357 e. The quantitative estimate of drug-likeness (QED) is 0.189. The highest BCUT2D eigenvalue weighted by Crippen LogP contribution is 2.32. The molecule has 11 heteroatoms. The monoisotopic (exact) mass is 671 g/mol. The summed E-state index contributed by atoms with van der Waals surface area (Å²) in [4.78, 5) is 29.2. The number of hydrogen-bond donors (Lipinski definition) is 1. The zero-order valence-electron chi connectivity index (χ0n) is 24.4. The van der Waals surface area contributed by atoms with Gasteiger partial charge in [-0.3, -0.25) is 13.9 Å². The highest BCUT2D eigenvalue weighted by Gasteiger charge is 2.35. The fourth-order valence-electron chi connectivity index (χ4n) is 4.77. The number of sulfonamides is 1. The fraction of sp³-hybridized carbons (Fsp3) is 0.212. The SMILES string of the molecule is CNC(=O)[C@H](Cc1ccccc1)N(Cc1ccc(Cl)cc1Cl)C(=O)CN(c1cccc(Cl)c1C)S(=O)(=O)c1ccc(C)cc1. The molecule has 0 radical (unpaired) electrons. The second kappa shape index (κ2) is 14.5. The Hall–Kier alpha value is -3.56. The Morgan fingerprint density at radius 1 is 0.841 bits per heavy atom. The van der Waals surface area contributed by atoms with Gasteiger partial charge in [0.15, 0.2) is 0 Å². The Bertz CT molecular complexity index is 1750. The minimum absolute atomic E-state index is 0.00899. The lowest BCUT2D eigenvalue weighted by Crippen LogP contribution is -2.53. The zero-order valence-corrected chi connectivity index (χ0v) is 27.5. The fourth-order valence-corrected chi connectivity index (χ4v) is 6.88. The molecular formula is C33H32Cl3N3O4S. The smallest absolute Gasteiger partial charge is 0.264 e. The first-order valence-electron chi connectivity index (χ1n) is 13.8. The van der Waals surface area contributed by atoms with Gasteiger partial charge in [0.2, 0.25) is 11.8 Å². The molecule has 0 aliphatic rings. The topological polar surface area (TPSA) is 86.8 Å². The average molecular weight is 673 g/mol. The van der Waals surface area contributed by atoms with Crippen molar-refractivity contribution >= 4 is 62.3 Å². The van der Waals surface area contributed by atoms with E-state index < -0.39 is 34.4 Å². The molecule has 4 aromatic rings. The summed E-state index contributed by atoms with van der Waals surface area (Å²) >= 11 is 19.1. The van der Waals surface area contributed by atoms with Crippen LogP contribution in [0.2, 0.25) is 15.1 Å². The molecule has 0 aliphatic heterocycles. The number of nitrogens with zero attached hydrogens (tertiary/aromatic N) is 2. The van der Waals surface area contributed by atoms with Gasteiger partial charge >= 0.3 is 0 Å². The van der Waals surface area contributed by atoms with Crippen LogP contribution < -0.4 is 9.62 Å². The van der Waals surface area contributed by atoms with Crippen LogP contribution in [0.3, 0.4) is 0 Å². The van der Waals surface area contributed by atoms with Crippen molar-refractivity contribution in [2.75, 3.05) is 17.9 Å². The molecule has 0 saturated heterocycles. The van der Waals surface area contributed by atoms with Crippen LogP contribution in [0.1, 0.15) is 22.3 Å². The summed E-state index contributed by atoms with van der Waals surface area (Å²) in [5.74, 6) is -1.03. The molecule has 0 spiro atoms. The van der Waals surface area contributed by atoms with E-state index >= 15 is 0 Å². The maximum Gasteiger partial charge on any atom is 0.264 e. The molecular weight excluding hydrogens is 641 g/mol. The normalized spacial score (nSPS) is 12.0. The van der Waals surface area contributed by atoms with Gasteiger partial charge in [-0.05, 0) is 66.9 Å². The second-order valence-corrected chi connectivity index (χ2v) is 13.4. The Kier molecular flexibility index (Phi) is 11.0. The molecule has 0 bridgehead atoms. The number of amides is 2. The molecule has 2 amide bonds. The second-order valence-electron chi connectivity index (χ2n) is 10.3. The number of aryl methyl sites for hydroxylation is 1. The van der Waals surface area contributed by atoms with E-state index in [1.54, 1.807) is 55.5 Å². The van der Waals surface area contributed by atoms with Gasteiger partial charge in [0.1, 0.15) is 12.6 Å². The van der Waals surface area contributed by atoms with E-state index in [1.165, 1.54) is 24.1 Å². The van der Waals surface area contributed by atoms with Gasteiger partial charge in [0.25, 0.3) is 10.0 Å². The summed E-state index contributed by atoms with van der Waals surface area (Å²) in [7, 11) is -2.76. The molecule has 1 atom stereocenters. The molecule has 0 heterocycles. The molecule has 0 aromatic heterocycles. The molecule has 230 valence electrons. The largest absolute Gasteiger partial charge is 0.357 e. The van der Waals surface area contributed by atoms with Gasteiger partial charge in [-0.15, -0.1) is 0 Å². The van der Waals surface area contributed by atoms with E-state index in [1.807, 2.05) is 37.3 Å². The van der Waals surface area contributed by atoms with Crippen LogP contribution in [-0.4, -0.2) is 44.8 Å². The third-order valence-electron chi connectivity index (χ3n) is 7.27. The molecule has 0 saturated carbocycles. The predicted molar refractivity (Wildman–Crippen MR) is 177 cm³/mol. The van der Waals surface area contributed by atoms with Gasteiger partial charge in [0, 0.05) is 35.1 Å². The van der Waals surface area contributed by atoms with Crippen LogP contribution in [0, 0.1) is 13.8 Å². The van der Waals surface area contributed by atoms with Crippen LogP contribution >= 0.6 is 34.8 Å². The standard InChI is InChI=1S/C33H32Cl3N3O4S/c1-22-12-16-27(17-13-22)44(42,43)39(30-11-7-10-28(35)23(30)2)21-32(40)38(20-25-14-15-26(34)19-29(25)36)31(33(41)37-3)18-24-8-5-4-6-9-24/h4-17,19,31H,18,20-21H2,1-3H3,(H,37,41)/t31-/m0/s1. The summed E-state index contributed by atoms with van der Waals surface area (Å²) in [6, 6.07) is 24.4. The van der Waals surface area contributed by atoms with Crippen molar-refractivity contribution in [1.29, 1.82) is 0 Å². The van der Waals surface area contributed by atoms with Crippen molar-refractivity contribution in [3.63, 3.8) is 0 Å². The highest BCUT2D eigenvalue weighted by atomic mass is 35.5. The van der Waals surface area contributed by atoms with Crippen molar-refractivity contribution in [3.8, 4) is 0 Å². The predicted octanol–water partition coefficient (Wildman–Crippen LogP) is 6.85. The Balaban J connectivity index is 1.84. The summed E-state index contributed by atoms with van der Waals surface area (Å²) in [6.07, 6.45) is 0.179. The molecule has 7 nitrogen and oxygen atoms in total. The van der Waals surface area contributed by atoms with E-state index in [0.29, 0.717) is 26.2 Å². The number of anilines is 1. The van der Waals surface area contributed by atoms with Crippen LogP contribution in [0.15, 0.2) is 95.9 Å². The maximum absolute atomic E-state index is 14.4. The zero-order chi connectivity index (χ0) is 32.0. The highest BCUT2D eigenvalue weighted by molar-refractivity contribution is 7.92. The summed E-state index contributed by atoms with van der Waals surface area (Å²) in [5, 5.41) is 3.72. The number of hydrogen-bond acceptors (Lipinski definition) is 4. The first kappa shape index (κ1) is 33.3. The maximum atomic E-state index is 14.4. The van der Waals surface area contributed by atoms with E-state index in [4.69, 9.17) is 34.8 Å². The van der Waals surface area contributed by atoms with Gasteiger partial charge in [0.05, 0.1) is 10.6 Å². The van der Waals surface area contributed by atoms with Crippen molar-refractivity contribution in [3.05, 3.63) is 128 Å². The van der Waals surface area contributed by atoms with Crippen molar-refractivity contribution in [2.45, 2.75) is 37.8 Å². The summed E-state index contributed by atoms with van der Waals surface area (Å²) in [5.41, 5.74) is 2.97. The third-order valence-corrected chi connectivity index (χ3v) is 10.0. The van der Waals surface area contributed by atoms with Gasteiger partial charge in [-0.1, -0.05) is 95.0 Å². The third kappa shape index (κ3) is 7.74. The van der Waals surface area contributed by atoms with Crippen molar-refractivity contribution in [2.24, 2.45) is 0 Å². The molecule has 4 aromatic carbocycles. The number of rotatable bonds is 11. The van der Waals surface area contributed by atoms with Crippen molar-refractivity contribution in [1.82, 2.24) is 10.2 Å². The van der Waals surface area contributed by atoms with E-state index in [9.17, 15) is 18.0 Å². The van der Waals surface area contributed by atoms with E-state index in [2.05, 4.69) is 5.32 Å². The number of nitrogens with one attached hydrogen (secondary N) is 1. The number of benzene rings is 4. The average Bonchev–Trinajstić information content (AvgIpc) is 3.00. The number of likely N-dealkylation sites (N-methyl/N-ethyl adjacent to an activating group) is 1. The number of carbonyl (C=O) groups excluding carboxylic acids is 2. The molecule has 0 fully saturated rings. The molecule has 4 rings (SSSR count). The Labute approximate surface area is 273 Å². The van der Waals surface area contributed by atoms with Crippen LogP contribution in [0.25, 0.3) is 0 Å². The van der Waals surface area contributed by atoms with Gasteiger partial charge in [-0.25, -0.2) is 8.42 Å². The summed E-state index contributed by atoms with van der Waals surface area (Å²) in [6.45, 7) is 2.86. The lowest BCUT2D eigenvalue weighted by molar-refractivity contribution is -0.139. The molecule has 0 unspecified atom stereocenters. The van der Waals surface area contributed by atoms with E-state index in [0.717, 1.165) is 15.4 Å². The van der Waals surface area contributed by atoms with E-state index in [-0.39, 0.29) is 23.5 Å².